The number of aliphatic carboxylic acids is 1. The lowest BCUT2D eigenvalue weighted by atomic mass is 9.50. The van der Waals surface area contributed by atoms with Gasteiger partial charge >= 0.3 is 29.9 Å². The Hall–Kier alpha value is -2.77. The lowest BCUT2D eigenvalue weighted by molar-refractivity contribution is -0.396. The number of phenols is 1. The average Bonchev–Trinajstić information content (AvgIpc) is 3.81. The van der Waals surface area contributed by atoms with Crippen molar-refractivity contribution in [3.05, 3.63) is 41.5 Å². The van der Waals surface area contributed by atoms with Gasteiger partial charge in [-0.15, -0.1) is 0 Å². The number of alkyl halides is 9. The van der Waals surface area contributed by atoms with E-state index in [1.54, 1.807) is 12.1 Å². The number of allylic oxidation sites excluding steroid dienone is 1. The fraction of sp³-hybridized carbons (Fsp3) is 0.722. The number of carbonyl (C=O) groups is 2. The van der Waals surface area contributed by atoms with Crippen LogP contribution in [0.15, 0.2) is 30.4 Å². The summed E-state index contributed by atoms with van der Waals surface area (Å²) in [5.41, 5.74) is 1.29. The highest BCUT2D eigenvalue weighted by Crippen LogP contribution is 2.75. The number of benzene rings is 1. The molecule has 0 bridgehead atoms. The summed E-state index contributed by atoms with van der Waals surface area (Å²) in [6.07, 6.45) is -1.06. The van der Waals surface area contributed by atoms with Crippen LogP contribution < -0.4 is 0 Å². The van der Waals surface area contributed by atoms with E-state index in [0.29, 0.717) is 43.5 Å². The lowest BCUT2D eigenvalue weighted by Crippen LogP contribution is -2.60. The van der Waals surface area contributed by atoms with Gasteiger partial charge in [0.15, 0.2) is 0 Å². The van der Waals surface area contributed by atoms with Crippen molar-refractivity contribution in [1.29, 1.82) is 0 Å². The summed E-state index contributed by atoms with van der Waals surface area (Å²) in [5.74, 6) is -22.5. The number of rotatable bonds is 14. The lowest BCUT2D eigenvalue weighted by Gasteiger charge is -2.54. The molecule has 7 atom stereocenters. The molecule has 280 valence electrons. The van der Waals surface area contributed by atoms with Crippen LogP contribution in [-0.4, -0.2) is 51.0 Å². The number of hydrogen-bond acceptors (Lipinski definition) is 4. The van der Waals surface area contributed by atoms with Gasteiger partial charge in [-0.25, -0.2) is 0 Å². The number of aliphatic hydroxyl groups is 1. The maximum atomic E-state index is 13.9. The first-order valence-electron chi connectivity index (χ1n) is 17.3. The average molecular weight is 727 g/mol. The molecular formula is C36H43F9O5. The van der Waals surface area contributed by atoms with Gasteiger partial charge in [0, 0.05) is 24.2 Å². The van der Waals surface area contributed by atoms with E-state index in [0.717, 1.165) is 31.2 Å². The highest BCUT2D eigenvalue weighted by molar-refractivity contribution is 5.91. The van der Waals surface area contributed by atoms with Crippen LogP contribution in [-0.2, 0) is 9.59 Å². The normalized spacial score (nSPS) is 29.9. The van der Waals surface area contributed by atoms with Gasteiger partial charge in [0.05, 0.1) is 12.0 Å². The summed E-state index contributed by atoms with van der Waals surface area (Å²) in [5, 5.41) is 31.1. The monoisotopic (exact) mass is 726 g/mol. The van der Waals surface area contributed by atoms with Crippen molar-refractivity contribution in [2.45, 2.75) is 126 Å². The minimum absolute atomic E-state index is 0.0286. The number of hydrogen-bond donors (Lipinski definition) is 3. The van der Waals surface area contributed by atoms with Crippen molar-refractivity contribution in [3.63, 3.8) is 0 Å². The first-order chi connectivity index (χ1) is 23.1. The van der Waals surface area contributed by atoms with Gasteiger partial charge in [-0.3, -0.25) is 9.59 Å². The Morgan fingerprint density at radius 1 is 0.940 bits per heavy atom. The SMILES string of the molecule is C[C@]12CCC3c4ccc(O)cc4[C@@H](O)[C@@H](/C=C/CCCCCCC(CCC(F)(F)C(F)(F)C(F)(F)C(F)(F)F)C(=O)O)C3C1CC(=O)C21CC1. The third-order valence-electron chi connectivity index (χ3n) is 12.5. The maximum Gasteiger partial charge on any atom is 0.460 e. The van der Waals surface area contributed by atoms with Crippen molar-refractivity contribution >= 4 is 11.8 Å². The Balaban J connectivity index is 1.15. The number of Topliss-reactive ketones (excluding diaryl/α,β-unsaturated/α-hetero) is 1. The number of aromatic hydroxyl groups is 1. The van der Waals surface area contributed by atoms with Crippen LogP contribution in [0.5, 0.6) is 5.75 Å². The largest absolute Gasteiger partial charge is 0.508 e. The molecule has 1 aromatic rings. The van der Waals surface area contributed by atoms with E-state index >= 15 is 0 Å². The number of fused-ring (bicyclic) bond motifs is 6. The van der Waals surface area contributed by atoms with E-state index in [2.05, 4.69) is 6.92 Å². The molecule has 3 fully saturated rings. The first kappa shape index (κ1) is 38.5. The molecule has 50 heavy (non-hydrogen) atoms. The van der Waals surface area contributed by atoms with E-state index in [-0.39, 0.29) is 53.1 Å². The quantitative estimate of drug-likeness (QED) is 0.101. The number of halogens is 9. The Bertz CT molecular complexity index is 1470. The molecule has 1 spiro atoms. The van der Waals surface area contributed by atoms with E-state index in [4.69, 9.17) is 0 Å². The zero-order chi connectivity index (χ0) is 37.1. The smallest absolute Gasteiger partial charge is 0.460 e. The van der Waals surface area contributed by atoms with Gasteiger partial charge in [-0.2, -0.15) is 39.5 Å². The van der Waals surface area contributed by atoms with Crippen LogP contribution in [0, 0.1) is 34.5 Å². The molecule has 0 radical (unpaired) electrons. The Labute approximate surface area is 284 Å². The van der Waals surface area contributed by atoms with Crippen LogP contribution in [0.1, 0.15) is 114 Å². The van der Waals surface area contributed by atoms with Crippen molar-refractivity contribution in [2.24, 2.45) is 34.5 Å². The molecule has 3 saturated carbocycles. The van der Waals surface area contributed by atoms with Gasteiger partial charge < -0.3 is 15.3 Å². The molecule has 5 nitrogen and oxygen atoms in total. The molecule has 14 heteroatoms. The van der Waals surface area contributed by atoms with Crippen molar-refractivity contribution in [3.8, 4) is 5.75 Å². The zero-order valence-electron chi connectivity index (χ0n) is 27.6. The first-order valence-corrected chi connectivity index (χ1v) is 17.3. The summed E-state index contributed by atoms with van der Waals surface area (Å²) in [6, 6.07) is 5.10. The Morgan fingerprint density at radius 2 is 1.60 bits per heavy atom. The third-order valence-corrected chi connectivity index (χ3v) is 12.5. The van der Waals surface area contributed by atoms with Crippen LogP contribution in [0.4, 0.5) is 39.5 Å². The predicted octanol–water partition coefficient (Wildman–Crippen LogP) is 9.77. The molecule has 4 unspecified atom stereocenters. The number of aliphatic hydroxyl groups excluding tert-OH is 1. The molecule has 0 amide bonds. The van der Waals surface area contributed by atoms with Gasteiger partial charge in [-0.05, 0) is 97.8 Å². The zero-order valence-corrected chi connectivity index (χ0v) is 27.6. The topological polar surface area (TPSA) is 94.8 Å². The summed E-state index contributed by atoms with van der Waals surface area (Å²) in [4.78, 5) is 24.8. The van der Waals surface area contributed by atoms with E-state index < -0.39 is 54.8 Å². The van der Waals surface area contributed by atoms with Crippen molar-refractivity contribution in [1.82, 2.24) is 0 Å². The molecule has 5 rings (SSSR count). The number of carbonyl (C=O) groups excluding carboxylic acids is 1. The van der Waals surface area contributed by atoms with Crippen LogP contribution >= 0.6 is 0 Å². The standard InChI is InChI=1S/C36H43F9O5/c1-31-14-13-23-22-11-10-21(46)18-25(22)29(48)24(28(23)26(31)19-27(47)32(31)16-17-32)9-7-5-3-2-4-6-8-20(30(49)50)12-15-33(37,38)34(39,40)35(41,42)36(43,44)45/h7,9-11,18,20,23-24,26,28-29,46,48H,2-6,8,12-17,19H2,1H3,(H,49,50)/b9-7+/t20?,23?,24-,26?,28?,29-,31-/m0/s1. The van der Waals surface area contributed by atoms with Gasteiger partial charge in [-0.1, -0.05) is 44.4 Å². The molecule has 0 saturated heterocycles. The van der Waals surface area contributed by atoms with Crippen LogP contribution in [0.25, 0.3) is 0 Å². The number of carboxylic acid groups (broad SMARTS) is 1. The number of ketones is 1. The Morgan fingerprint density at radius 3 is 2.22 bits per heavy atom. The van der Waals surface area contributed by atoms with E-state index in [1.807, 2.05) is 18.2 Å². The van der Waals surface area contributed by atoms with Crippen LogP contribution in [0.3, 0.4) is 0 Å². The molecule has 1 aromatic carbocycles. The fourth-order valence-corrected chi connectivity index (χ4v) is 9.46. The summed E-state index contributed by atoms with van der Waals surface area (Å²) in [7, 11) is 0. The summed E-state index contributed by atoms with van der Waals surface area (Å²) >= 11 is 0. The summed E-state index contributed by atoms with van der Waals surface area (Å²) in [6.45, 7) is 2.23. The Kier molecular flexibility index (Phi) is 10.3. The minimum Gasteiger partial charge on any atom is -0.508 e. The second-order valence-electron chi connectivity index (χ2n) is 15.1. The molecule has 4 aliphatic rings. The summed E-state index contributed by atoms with van der Waals surface area (Å²) < 4.78 is 118. The maximum absolute atomic E-state index is 13.9. The molecule has 0 heterocycles. The second kappa shape index (κ2) is 13.3. The van der Waals surface area contributed by atoms with Crippen molar-refractivity contribution < 1.29 is 64.4 Å². The highest BCUT2D eigenvalue weighted by atomic mass is 19.4. The van der Waals surface area contributed by atoms with Gasteiger partial charge in [0.2, 0.25) is 0 Å². The minimum atomic E-state index is -7.01. The van der Waals surface area contributed by atoms with Gasteiger partial charge in [0.1, 0.15) is 11.5 Å². The van der Waals surface area contributed by atoms with E-state index in [1.165, 1.54) is 0 Å². The second-order valence-corrected chi connectivity index (χ2v) is 15.1. The van der Waals surface area contributed by atoms with Gasteiger partial charge in [0.25, 0.3) is 0 Å². The molecule has 0 aliphatic heterocycles. The molecule has 3 N–H and O–H groups in total. The third kappa shape index (κ3) is 6.33. The van der Waals surface area contributed by atoms with Crippen molar-refractivity contribution in [2.75, 3.05) is 0 Å². The number of carboxylic acids is 1. The molecule has 4 aliphatic carbocycles. The predicted molar refractivity (Wildman–Crippen MR) is 163 cm³/mol. The van der Waals surface area contributed by atoms with Crippen LogP contribution in [0.2, 0.25) is 0 Å². The number of unbranched alkanes of at least 4 members (excludes halogenated alkanes) is 4. The van der Waals surface area contributed by atoms with E-state index in [9.17, 15) is 64.4 Å². The number of phenolic OH excluding ortho intramolecular Hbond substituents is 1. The fourth-order valence-electron chi connectivity index (χ4n) is 9.46. The highest BCUT2D eigenvalue weighted by Gasteiger charge is 2.81. The molecule has 0 aromatic heterocycles. The molecular weight excluding hydrogens is 683 g/mol.